The van der Waals surface area contributed by atoms with E-state index in [4.69, 9.17) is 10.0 Å². The van der Waals surface area contributed by atoms with E-state index < -0.39 is 13.1 Å². The summed E-state index contributed by atoms with van der Waals surface area (Å²) < 4.78 is 6.01. The lowest BCUT2D eigenvalue weighted by atomic mass is 9.81. The number of carbonyl (C=O) groups excluding carboxylic acids is 1. The van der Waals surface area contributed by atoms with Gasteiger partial charge in [0.05, 0.1) is 18.2 Å². The Morgan fingerprint density at radius 1 is 1.56 bits per heavy atom. The van der Waals surface area contributed by atoms with Crippen molar-refractivity contribution in [1.82, 2.24) is 9.61 Å². The summed E-state index contributed by atoms with van der Waals surface area (Å²) in [4.78, 5) is 11.3. The third-order valence-corrected chi connectivity index (χ3v) is 2.25. The Kier molecular flexibility index (Phi) is 2.63. The zero-order valence-corrected chi connectivity index (χ0v) is 8.49. The molecule has 0 aliphatic rings. The summed E-state index contributed by atoms with van der Waals surface area (Å²) in [6.07, 6.45) is 2.88. The van der Waals surface area contributed by atoms with Gasteiger partial charge in [-0.15, -0.1) is 0 Å². The zero-order valence-electron chi connectivity index (χ0n) is 8.49. The molecule has 0 saturated heterocycles. The molecule has 0 aromatic carbocycles. The van der Waals surface area contributed by atoms with Gasteiger partial charge in [-0.25, -0.2) is 9.31 Å². The van der Waals surface area contributed by atoms with E-state index in [9.17, 15) is 4.79 Å². The Bertz CT molecular complexity index is 537. The molecule has 2 aromatic rings. The molecule has 2 N–H and O–H groups in total. The number of hydrogen-bond acceptors (Lipinski definition) is 5. The lowest BCUT2D eigenvalue weighted by Crippen LogP contribution is -2.29. The van der Waals surface area contributed by atoms with Crippen LogP contribution in [0.15, 0.2) is 24.5 Å². The van der Waals surface area contributed by atoms with Gasteiger partial charge in [0.15, 0.2) is 0 Å². The first-order chi connectivity index (χ1) is 7.63. The van der Waals surface area contributed by atoms with Crippen LogP contribution in [-0.4, -0.2) is 39.9 Å². The van der Waals surface area contributed by atoms with E-state index in [1.54, 1.807) is 12.3 Å². The number of esters is 1. The van der Waals surface area contributed by atoms with E-state index in [2.05, 4.69) is 9.84 Å². The Morgan fingerprint density at radius 2 is 2.31 bits per heavy atom. The lowest BCUT2D eigenvalue weighted by molar-refractivity contribution is 0.0600. The Labute approximate surface area is 91.2 Å². The van der Waals surface area contributed by atoms with Crippen molar-refractivity contribution >= 4 is 24.1 Å². The highest BCUT2D eigenvalue weighted by Crippen LogP contribution is 2.06. The molecule has 0 saturated carbocycles. The highest BCUT2D eigenvalue weighted by Gasteiger charge is 2.18. The highest BCUT2D eigenvalue weighted by molar-refractivity contribution is 6.61. The van der Waals surface area contributed by atoms with Crippen LogP contribution in [0.4, 0.5) is 0 Å². The molecule has 7 heteroatoms. The van der Waals surface area contributed by atoms with E-state index in [1.807, 2.05) is 0 Å². The predicted molar refractivity (Wildman–Crippen MR) is 56.4 cm³/mol. The normalized spacial score (nSPS) is 10.4. The number of nitrogens with zero attached hydrogens (tertiary/aromatic N) is 2. The molecule has 0 atom stereocenters. The monoisotopic (exact) mass is 220 g/mol. The Morgan fingerprint density at radius 3 is 2.94 bits per heavy atom. The molecule has 0 spiro atoms. The van der Waals surface area contributed by atoms with Crippen LogP contribution in [0.25, 0.3) is 5.52 Å². The summed E-state index contributed by atoms with van der Waals surface area (Å²) in [7, 11) is -0.338. The summed E-state index contributed by atoms with van der Waals surface area (Å²) in [5.41, 5.74) is 1.03. The van der Waals surface area contributed by atoms with Crippen LogP contribution in [0.2, 0.25) is 0 Å². The van der Waals surface area contributed by atoms with Crippen LogP contribution < -0.4 is 5.46 Å². The van der Waals surface area contributed by atoms with Gasteiger partial charge in [-0.05, 0) is 12.1 Å². The molecule has 0 aliphatic carbocycles. The molecule has 2 heterocycles. The van der Waals surface area contributed by atoms with Crippen molar-refractivity contribution in [3.63, 3.8) is 0 Å². The minimum Gasteiger partial charge on any atom is -0.465 e. The van der Waals surface area contributed by atoms with Crippen LogP contribution in [-0.2, 0) is 4.74 Å². The van der Waals surface area contributed by atoms with Crippen molar-refractivity contribution in [2.75, 3.05) is 7.11 Å². The van der Waals surface area contributed by atoms with Gasteiger partial charge in [-0.3, -0.25) is 0 Å². The molecule has 0 amide bonds. The van der Waals surface area contributed by atoms with Crippen LogP contribution >= 0.6 is 0 Å². The average Bonchev–Trinajstić information content (AvgIpc) is 2.70. The SMILES string of the molecule is COC(=O)c1ccn2ncc(B(O)O)c2c1. The van der Waals surface area contributed by atoms with Crippen molar-refractivity contribution in [2.45, 2.75) is 0 Å². The first-order valence-corrected chi connectivity index (χ1v) is 4.55. The van der Waals surface area contributed by atoms with Gasteiger partial charge in [-0.2, -0.15) is 5.10 Å². The standard InChI is InChI=1S/C9H9BN2O4/c1-16-9(13)6-2-3-12-8(4-6)7(5-11-12)10(14)15/h2-5,14-15H,1H3. The second kappa shape index (κ2) is 3.95. The molecular weight excluding hydrogens is 211 g/mol. The van der Waals surface area contributed by atoms with Crippen LogP contribution in [0, 0.1) is 0 Å². The van der Waals surface area contributed by atoms with Crippen molar-refractivity contribution in [3.8, 4) is 0 Å². The van der Waals surface area contributed by atoms with E-state index in [0.29, 0.717) is 11.1 Å². The van der Waals surface area contributed by atoms with Gasteiger partial charge in [0, 0.05) is 17.9 Å². The van der Waals surface area contributed by atoms with E-state index >= 15 is 0 Å². The van der Waals surface area contributed by atoms with Crippen molar-refractivity contribution in [3.05, 3.63) is 30.1 Å². The topological polar surface area (TPSA) is 84.1 Å². The maximum atomic E-state index is 11.3. The summed E-state index contributed by atoms with van der Waals surface area (Å²) in [6, 6.07) is 3.03. The van der Waals surface area contributed by atoms with E-state index in [1.165, 1.54) is 23.9 Å². The molecule has 0 bridgehead atoms. The zero-order chi connectivity index (χ0) is 11.7. The molecule has 16 heavy (non-hydrogen) atoms. The Balaban J connectivity index is 2.58. The molecule has 2 aromatic heterocycles. The van der Waals surface area contributed by atoms with Gasteiger partial charge in [-0.1, -0.05) is 0 Å². The number of ether oxygens (including phenoxy) is 1. The fourth-order valence-corrected chi connectivity index (χ4v) is 1.44. The largest absolute Gasteiger partial charge is 0.492 e. The molecule has 0 fully saturated rings. The van der Waals surface area contributed by atoms with Crippen LogP contribution in [0.1, 0.15) is 10.4 Å². The lowest BCUT2D eigenvalue weighted by Gasteiger charge is -2.01. The quantitative estimate of drug-likeness (QED) is 0.490. The first-order valence-electron chi connectivity index (χ1n) is 4.55. The molecule has 82 valence electrons. The number of fused-ring (bicyclic) bond motifs is 1. The number of carbonyl (C=O) groups is 1. The number of aromatic nitrogens is 2. The fourth-order valence-electron chi connectivity index (χ4n) is 1.44. The van der Waals surface area contributed by atoms with Crippen LogP contribution in [0.5, 0.6) is 0 Å². The minimum atomic E-state index is -1.62. The van der Waals surface area contributed by atoms with Crippen LogP contribution in [0.3, 0.4) is 0 Å². The van der Waals surface area contributed by atoms with Crippen molar-refractivity contribution in [2.24, 2.45) is 0 Å². The first kappa shape index (κ1) is 10.7. The van der Waals surface area contributed by atoms with Crippen molar-refractivity contribution in [1.29, 1.82) is 0 Å². The predicted octanol–water partition coefficient (Wildman–Crippen LogP) is -1.20. The van der Waals surface area contributed by atoms with E-state index in [0.717, 1.165) is 0 Å². The van der Waals surface area contributed by atoms with Gasteiger partial charge in [0.25, 0.3) is 0 Å². The minimum absolute atomic E-state index is 0.241. The summed E-state index contributed by atoms with van der Waals surface area (Å²) in [5.74, 6) is -0.484. The van der Waals surface area contributed by atoms with Gasteiger partial charge in [0.1, 0.15) is 0 Å². The summed E-state index contributed by atoms with van der Waals surface area (Å²) >= 11 is 0. The van der Waals surface area contributed by atoms with Gasteiger partial charge < -0.3 is 14.8 Å². The molecule has 0 aliphatic heterocycles. The second-order valence-electron chi connectivity index (χ2n) is 3.21. The number of pyridine rings is 1. The molecule has 2 rings (SSSR count). The van der Waals surface area contributed by atoms with Gasteiger partial charge >= 0.3 is 13.1 Å². The third-order valence-electron chi connectivity index (χ3n) is 2.25. The number of hydrogen-bond donors (Lipinski definition) is 2. The highest BCUT2D eigenvalue weighted by atomic mass is 16.5. The average molecular weight is 220 g/mol. The third kappa shape index (κ3) is 1.66. The second-order valence-corrected chi connectivity index (χ2v) is 3.21. The number of methoxy groups -OCH3 is 1. The van der Waals surface area contributed by atoms with Crippen molar-refractivity contribution < 1.29 is 19.6 Å². The maximum absolute atomic E-state index is 11.3. The molecule has 0 unspecified atom stereocenters. The smallest absolute Gasteiger partial charge is 0.465 e. The maximum Gasteiger partial charge on any atom is 0.492 e. The molecular formula is C9H9BN2O4. The van der Waals surface area contributed by atoms with Gasteiger partial charge in [0.2, 0.25) is 0 Å². The molecule has 0 radical (unpaired) electrons. The summed E-state index contributed by atoms with van der Waals surface area (Å²) in [5, 5.41) is 22.1. The molecule has 6 nitrogen and oxygen atoms in total. The Hall–Kier alpha value is -1.86. The number of rotatable bonds is 2. The fraction of sp³-hybridized carbons (Fsp3) is 0.111. The van der Waals surface area contributed by atoms with E-state index in [-0.39, 0.29) is 5.46 Å². The summed E-state index contributed by atoms with van der Waals surface area (Å²) in [6.45, 7) is 0.